The summed E-state index contributed by atoms with van der Waals surface area (Å²) in [4.78, 5) is 4.96. The Morgan fingerprint density at radius 3 is 2.11 bits per heavy atom. The van der Waals surface area contributed by atoms with Crippen LogP contribution in [0.5, 0.6) is 0 Å². The number of pyridine rings is 1. The molecule has 0 N–H and O–H groups in total. The summed E-state index contributed by atoms with van der Waals surface area (Å²) in [7, 11) is 0. The quantitative estimate of drug-likeness (QED) is 0.638. The molecule has 1 nitrogen and oxygen atoms in total. The Hall–Kier alpha value is -0.850. The van der Waals surface area contributed by atoms with Crippen LogP contribution < -0.4 is 0 Å². The molecule has 2 rings (SSSR count). The van der Waals surface area contributed by atoms with Crippen LogP contribution in [0.25, 0.3) is 0 Å². The second-order valence-electron chi connectivity index (χ2n) is 6.67. The molecular weight excluding hydrogens is 218 g/mol. The topological polar surface area (TPSA) is 12.9 Å². The Labute approximate surface area is 112 Å². The minimum absolute atomic E-state index is 0.171. The number of aromatic nitrogens is 1. The Balaban J connectivity index is 2.24. The SMILES string of the molecule is CC(C)(C)c1ccc2c(n1)CCCCCCCC2. The molecule has 0 saturated heterocycles. The summed E-state index contributed by atoms with van der Waals surface area (Å²) >= 11 is 0. The molecule has 0 saturated carbocycles. The Morgan fingerprint density at radius 1 is 0.833 bits per heavy atom. The molecule has 0 bridgehead atoms. The fraction of sp³-hybridized carbons (Fsp3) is 0.706. The average Bonchev–Trinajstić information content (AvgIpc) is 2.33. The summed E-state index contributed by atoms with van der Waals surface area (Å²) in [5.41, 5.74) is 4.30. The van der Waals surface area contributed by atoms with E-state index in [0.717, 1.165) is 0 Å². The van der Waals surface area contributed by atoms with E-state index in [9.17, 15) is 0 Å². The first-order chi connectivity index (χ1) is 8.57. The van der Waals surface area contributed by atoms with Crippen molar-refractivity contribution in [3.63, 3.8) is 0 Å². The lowest BCUT2D eigenvalue weighted by molar-refractivity contribution is 0.550. The predicted octanol–water partition coefficient (Wildman–Crippen LogP) is 4.82. The molecule has 0 fully saturated rings. The summed E-state index contributed by atoms with van der Waals surface area (Å²) in [6.45, 7) is 6.76. The van der Waals surface area contributed by atoms with Crippen LogP contribution in [0.15, 0.2) is 12.1 Å². The van der Waals surface area contributed by atoms with Gasteiger partial charge in [-0.15, -0.1) is 0 Å². The first-order valence-electron chi connectivity index (χ1n) is 7.57. The Bertz CT molecular complexity index is 387. The normalized spacial score (nSPS) is 18.2. The molecule has 0 radical (unpaired) electrons. The van der Waals surface area contributed by atoms with Crippen LogP contribution in [0.1, 0.15) is 76.2 Å². The van der Waals surface area contributed by atoms with Gasteiger partial charge < -0.3 is 0 Å². The van der Waals surface area contributed by atoms with Gasteiger partial charge in [-0.2, -0.15) is 0 Å². The maximum atomic E-state index is 4.96. The number of aryl methyl sites for hydroxylation is 2. The lowest BCUT2D eigenvalue weighted by Gasteiger charge is -2.20. The van der Waals surface area contributed by atoms with Gasteiger partial charge in [0.1, 0.15) is 0 Å². The second kappa shape index (κ2) is 5.86. The van der Waals surface area contributed by atoms with Crippen LogP contribution in [0.3, 0.4) is 0 Å². The predicted molar refractivity (Wildman–Crippen MR) is 78.0 cm³/mol. The summed E-state index contributed by atoms with van der Waals surface area (Å²) < 4.78 is 0. The van der Waals surface area contributed by atoms with Gasteiger partial charge in [-0.3, -0.25) is 4.98 Å². The largest absolute Gasteiger partial charge is 0.257 e. The highest BCUT2D eigenvalue weighted by atomic mass is 14.7. The molecule has 1 aliphatic carbocycles. The Kier molecular flexibility index (Phi) is 4.42. The number of nitrogens with zero attached hydrogens (tertiary/aromatic N) is 1. The molecule has 0 spiro atoms. The molecule has 0 atom stereocenters. The molecule has 1 aliphatic rings. The third-order valence-corrected chi connectivity index (χ3v) is 3.95. The smallest absolute Gasteiger partial charge is 0.0460 e. The summed E-state index contributed by atoms with van der Waals surface area (Å²) in [6, 6.07) is 4.58. The monoisotopic (exact) mass is 245 g/mol. The van der Waals surface area contributed by atoms with Crippen molar-refractivity contribution in [2.45, 2.75) is 77.6 Å². The van der Waals surface area contributed by atoms with E-state index in [4.69, 9.17) is 4.98 Å². The van der Waals surface area contributed by atoms with Gasteiger partial charge >= 0.3 is 0 Å². The van der Waals surface area contributed by atoms with Crippen molar-refractivity contribution >= 4 is 0 Å². The lowest BCUT2D eigenvalue weighted by Crippen LogP contribution is -2.15. The molecule has 0 unspecified atom stereocenters. The van der Waals surface area contributed by atoms with Crippen LogP contribution in [-0.4, -0.2) is 4.98 Å². The number of rotatable bonds is 0. The number of hydrogen-bond acceptors (Lipinski definition) is 1. The minimum Gasteiger partial charge on any atom is -0.257 e. The van der Waals surface area contributed by atoms with E-state index >= 15 is 0 Å². The second-order valence-corrected chi connectivity index (χ2v) is 6.67. The zero-order valence-electron chi connectivity index (χ0n) is 12.3. The van der Waals surface area contributed by atoms with Gasteiger partial charge in [0.15, 0.2) is 0 Å². The molecular formula is C17H27N. The van der Waals surface area contributed by atoms with Gasteiger partial charge in [-0.05, 0) is 37.3 Å². The van der Waals surface area contributed by atoms with Gasteiger partial charge in [-0.25, -0.2) is 0 Å². The third kappa shape index (κ3) is 3.57. The maximum absolute atomic E-state index is 4.96. The zero-order chi connectivity index (χ0) is 13.0. The van der Waals surface area contributed by atoms with E-state index in [1.165, 1.54) is 68.3 Å². The van der Waals surface area contributed by atoms with Crippen molar-refractivity contribution in [3.8, 4) is 0 Å². The van der Waals surface area contributed by atoms with Crippen molar-refractivity contribution in [2.75, 3.05) is 0 Å². The van der Waals surface area contributed by atoms with Gasteiger partial charge in [0.25, 0.3) is 0 Å². The van der Waals surface area contributed by atoms with E-state index in [2.05, 4.69) is 32.9 Å². The highest BCUT2D eigenvalue weighted by Crippen LogP contribution is 2.24. The van der Waals surface area contributed by atoms with E-state index in [1.807, 2.05) is 0 Å². The lowest BCUT2D eigenvalue weighted by atomic mass is 9.89. The first-order valence-corrected chi connectivity index (χ1v) is 7.57. The number of fused-ring (bicyclic) bond motifs is 1. The van der Waals surface area contributed by atoms with Gasteiger partial charge in [0.2, 0.25) is 0 Å². The van der Waals surface area contributed by atoms with Gasteiger partial charge in [0.05, 0.1) is 0 Å². The summed E-state index contributed by atoms with van der Waals surface area (Å²) in [6.07, 6.45) is 10.7. The van der Waals surface area contributed by atoms with Crippen LogP contribution in [-0.2, 0) is 18.3 Å². The summed E-state index contributed by atoms with van der Waals surface area (Å²) in [5.74, 6) is 0. The molecule has 18 heavy (non-hydrogen) atoms. The van der Waals surface area contributed by atoms with Crippen LogP contribution >= 0.6 is 0 Å². The van der Waals surface area contributed by atoms with Crippen LogP contribution in [0.4, 0.5) is 0 Å². The van der Waals surface area contributed by atoms with Crippen LogP contribution in [0, 0.1) is 0 Å². The van der Waals surface area contributed by atoms with Gasteiger partial charge in [-0.1, -0.05) is 52.5 Å². The van der Waals surface area contributed by atoms with Crippen molar-refractivity contribution in [1.82, 2.24) is 4.98 Å². The average molecular weight is 245 g/mol. The minimum atomic E-state index is 0.171. The summed E-state index contributed by atoms with van der Waals surface area (Å²) in [5, 5.41) is 0. The van der Waals surface area contributed by atoms with Gasteiger partial charge in [0, 0.05) is 16.8 Å². The molecule has 1 heteroatoms. The third-order valence-electron chi connectivity index (χ3n) is 3.95. The maximum Gasteiger partial charge on any atom is 0.0460 e. The first kappa shape index (κ1) is 13.6. The van der Waals surface area contributed by atoms with Crippen molar-refractivity contribution < 1.29 is 0 Å². The van der Waals surface area contributed by atoms with Crippen molar-refractivity contribution in [2.24, 2.45) is 0 Å². The zero-order valence-corrected chi connectivity index (χ0v) is 12.3. The fourth-order valence-electron chi connectivity index (χ4n) is 2.71. The molecule has 1 aromatic rings. The van der Waals surface area contributed by atoms with Crippen molar-refractivity contribution in [1.29, 1.82) is 0 Å². The van der Waals surface area contributed by atoms with E-state index < -0.39 is 0 Å². The number of hydrogen-bond donors (Lipinski definition) is 0. The molecule has 1 heterocycles. The molecule has 0 amide bonds. The van der Waals surface area contributed by atoms with Crippen molar-refractivity contribution in [3.05, 3.63) is 29.1 Å². The molecule has 0 aliphatic heterocycles. The molecule has 100 valence electrons. The van der Waals surface area contributed by atoms with Crippen LogP contribution in [0.2, 0.25) is 0 Å². The highest BCUT2D eigenvalue weighted by Gasteiger charge is 2.17. The molecule has 0 aromatic carbocycles. The molecule has 1 aromatic heterocycles. The Morgan fingerprint density at radius 2 is 1.44 bits per heavy atom. The van der Waals surface area contributed by atoms with E-state index in [0.29, 0.717) is 0 Å². The highest BCUT2D eigenvalue weighted by molar-refractivity contribution is 5.26. The fourth-order valence-corrected chi connectivity index (χ4v) is 2.71. The van der Waals surface area contributed by atoms with E-state index in [-0.39, 0.29) is 5.41 Å². The standard InChI is InChI=1S/C17H27N/c1-17(2,3)16-13-12-14-10-8-6-4-5-7-9-11-15(14)18-16/h12-13H,4-11H2,1-3H3. The van der Waals surface area contributed by atoms with E-state index in [1.54, 1.807) is 0 Å².